The Kier molecular flexibility index (Phi) is 4.40. The van der Waals surface area contributed by atoms with Gasteiger partial charge in [0.15, 0.2) is 0 Å². The monoisotopic (exact) mass is 279 g/mol. The van der Waals surface area contributed by atoms with Crippen LogP contribution in [0.5, 0.6) is 0 Å². The summed E-state index contributed by atoms with van der Waals surface area (Å²) in [6.45, 7) is 5.50. The van der Waals surface area contributed by atoms with E-state index in [0.717, 1.165) is 12.5 Å². The number of rotatable bonds is 6. The molecule has 0 spiro atoms. The Labute approximate surface area is 128 Å². The lowest BCUT2D eigenvalue weighted by Crippen LogP contribution is -2.27. The Balaban J connectivity index is 1.75. The summed E-state index contributed by atoms with van der Waals surface area (Å²) in [7, 11) is 0. The molecule has 0 bridgehead atoms. The highest BCUT2D eigenvalue weighted by Crippen LogP contribution is 2.40. The second-order valence-electron chi connectivity index (χ2n) is 6.26. The van der Waals surface area contributed by atoms with E-state index in [0.29, 0.717) is 6.04 Å². The van der Waals surface area contributed by atoms with Gasteiger partial charge in [-0.3, -0.25) is 0 Å². The molecule has 1 heteroatoms. The van der Waals surface area contributed by atoms with Gasteiger partial charge in [-0.15, -0.1) is 0 Å². The minimum Gasteiger partial charge on any atom is -0.310 e. The maximum absolute atomic E-state index is 3.74. The van der Waals surface area contributed by atoms with Crippen molar-refractivity contribution in [1.29, 1.82) is 0 Å². The van der Waals surface area contributed by atoms with E-state index >= 15 is 0 Å². The van der Waals surface area contributed by atoms with Crippen molar-refractivity contribution in [2.75, 3.05) is 6.54 Å². The van der Waals surface area contributed by atoms with Crippen molar-refractivity contribution in [1.82, 2.24) is 5.32 Å². The SMILES string of the molecule is CCCNC(CC1Cc2ccccc21)c1cccc(C)c1. The van der Waals surface area contributed by atoms with Crippen molar-refractivity contribution >= 4 is 0 Å². The van der Waals surface area contributed by atoms with Gasteiger partial charge in [-0.05, 0) is 55.3 Å². The molecule has 0 fully saturated rings. The molecule has 2 aromatic carbocycles. The maximum Gasteiger partial charge on any atom is 0.0326 e. The fourth-order valence-corrected chi connectivity index (χ4v) is 3.40. The van der Waals surface area contributed by atoms with E-state index in [1.165, 1.54) is 30.4 Å². The smallest absolute Gasteiger partial charge is 0.0326 e. The number of benzene rings is 2. The third kappa shape index (κ3) is 3.19. The molecule has 1 aliphatic carbocycles. The normalized spacial score (nSPS) is 17.9. The molecule has 0 aromatic heterocycles. The molecule has 0 aliphatic heterocycles. The Morgan fingerprint density at radius 3 is 2.76 bits per heavy atom. The summed E-state index contributed by atoms with van der Waals surface area (Å²) in [4.78, 5) is 0. The predicted molar refractivity (Wildman–Crippen MR) is 89.7 cm³/mol. The second-order valence-corrected chi connectivity index (χ2v) is 6.26. The van der Waals surface area contributed by atoms with Gasteiger partial charge in [0.2, 0.25) is 0 Å². The number of hydrogen-bond donors (Lipinski definition) is 1. The van der Waals surface area contributed by atoms with Gasteiger partial charge in [0.05, 0.1) is 0 Å². The number of fused-ring (bicyclic) bond motifs is 1. The van der Waals surface area contributed by atoms with Gasteiger partial charge in [-0.25, -0.2) is 0 Å². The Bertz CT molecular complexity index is 602. The molecule has 2 aromatic rings. The van der Waals surface area contributed by atoms with E-state index in [1.54, 1.807) is 11.1 Å². The maximum atomic E-state index is 3.74. The molecule has 1 nitrogen and oxygen atoms in total. The van der Waals surface area contributed by atoms with Crippen molar-refractivity contribution in [3.63, 3.8) is 0 Å². The molecule has 2 unspecified atom stereocenters. The second kappa shape index (κ2) is 6.44. The summed E-state index contributed by atoms with van der Waals surface area (Å²) >= 11 is 0. The molecule has 3 rings (SSSR count). The molecular weight excluding hydrogens is 254 g/mol. The van der Waals surface area contributed by atoms with Gasteiger partial charge in [0, 0.05) is 6.04 Å². The zero-order chi connectivity index (χ0) is 14.7. The molecule has 0 saturated heterocycles. The first-order valence-corrected chi connectivity index (χ1v) is 8.15. The fourth-order valence-electron chi connectivity index (χ4n) is 3.40. The van der Waals surface area contributed by atoms with Crippen LogP contribution in [0.4, 0.5) is 0 Å². The van der Waals surface area contributed by atoms with Gasteiger partial charge in [-0.2, -0.15) is 0 Å². The lowest BCUT2D eigenvalue weighted by Gasteiger charge is -2.33. The molecule has 0 radical (unpaired) electrons. The number of hydrogen-bond acceptors (Lipinski definition) is 1. The first-order valence-electron chi connectivity index (χ1n) is 8.15. The van der Waals surface area contributed by atoms with Gasteiger partial charge in [-0.1, -0.05) is 61.0 Å². The van der Waals surface area contributed by atoms with E-state index in [-0.39, 0.29) is 0 Å². The zero-order valence-electron chi connectivity index (χ0n) is 13.1. The molecule has 0 amide bonds. The molecule has 2 atom stereocenters. The third-order valence-electron chi connectivity index (χ3n) is 4.57. The average molecular weight is 279 g/mol. The Morgan fingerprint density at radius 2 is 2.00 bits per heavy atom. The van der Waals surface area contributed by atoms with Crippen LogP contribution in [-0.2, 0) is 6.42 Å². The van der Waals surface area contributed by atoms with E-state index in [1.807, 2.05) is 0 Å². The van der Waals surface area contributed by atoms with Gasteiger partial charge >= 0.3 is 0 Å². The topological polar surface area (TPSA) is 12.0 Å². The average Bonchev–Trinajstić information content (AvgIpc) is 2.48. The van der Waals surface area contributed by atoms with E-state index in [4.69, 9.17) is 0 Å². The van der Waals surface area contributed by atoms with Crippen LogP contribution in [0.2, 0.25) is 0 Å². The molecule has 0 heterocycles. The highest BCUT2D eigenvalue weighted by atomic mass is 14.9. The van der Waals surface area contributed by atoms with Crippen LogP contribution >= 0.6 is 0 Å². The highest BCUT2D eigenvalue weighted by molar-refractivity contribution is 5.40. The summed E-state index contributed by atoms with van der Waals surface area (Å²) in [6.07, 6.45) is 3.64. The van der Waals surface area contributed by atoms with Crippen LogP contribution in [0.1, 0.15) is 54.0 Å². The highest BCUT2D eigenvalue weighted by Gasteiger charge is 2.28. The van der Waals surface area contributed by atoms with Crippen LogP contribution in [-0.4, -0.2) is 6.54 Å². The van der Waals surface area contributed by atoms with Gasteiger partial charge in [0.1, 0.15) is 0 Å². The van der Waals surface area contributed by atoms with Crippen LogP contribution in [0.25, 0.3) is 0 Å². The van der Waals surface area contributed by atoms with Crippen molar-refractivity contribution < 1.29 is 0 Å². The van der Waals surface area contributed by atoms with Crippen molar-refractivity contribution in [3.8, 4) is 0 Å². The van der Waals surface area contributed by atoms with Crippen LogP contribution in [0.15, 0.2) is 48.5 Å². The number of aryl methyl sites for hydroxylation is 1. The summed E-state index contributed by atoms with van der Waals surface area (Å²) in [6, 6.07) is 18.3. The first-order chi connectivity index (χ1) is 10.3. The summed E-state index contributed by atoms with van der Waals surface area (Å²) in [5.74, 6) is 0.719. The van der Waals surface area contributed by atoms with Crippen molar-refractivity contribution in [3.05, 3.63) is 70.8 Å². The molecular formula is C20H25N. The predicted octanol–water partition coefficient (Wildman–Crippen LogP) is 4.77. The molecule has 1 aliphatic rings. The third-order valence-corrected chi connectivity index (χ3v) is 4.57. The molecule has 0 saturated carbocycles. The minimum absolute atomic E-state index is 0.475. The van der Waals surface area contributed by atoms with Gasteiger partial charge < -0.3 is 5.32 Å². The summed E-state index contributed by atoms with van der Waals surface area (Å²) < 4.78 is 0. The van der Waals surface area contributed by atoms with Crippen LogP contribution in [0, 0.1) is 6.92 Å². The minimum atomic E-state index is 0.475. The van der Waals surface area contributed by atoms with Crippen molar-refractivity contribution in [2.24, 2.45) is 0 Å². The van der Waals surface area contributed by atoms with E-state index < -0.39 is 0 Å². The number of nitrogens with one attached hydrogen (secondary N) is 1. The Hall–Kier alpha value is -1.60. The van der Waals surface area contributed by atoms with E-state index in [2.05, 4.69) is 67.7 Å². The molecule has 1 N–H and O–H groups in total. The standard InChI is InChI=1S/C20H25N/c1-3-11-21-20(17-9-6-7-15(2)12-17)14-18-13-16-8-4-5-10-19(16)18/h4-10,12,18,20-21H,3,11,13-14H2,1-2H3. The molecule has 110 valence electrons. The zero-order valence-corrected chi connectivity index (χ0v) is 13.1. The lowest BCUT2D eigenvalue weighted by atomic mass is 9.73. The van der Waals surface area contributed by atoms with Crippen molar-refractivity contribution in [2.45, 2.75) is 45.1 Å². The van der Waals surface area contributed by atoms with Crippen LogP contribution < -0.4 is 5.32 Å². The van der Waals surface area contributed by atoms with E-state index in [9.17, 15) is 0 Å². The fraction of sp³-hybridized carbons (Fsp3) is 0.400. The first kappa shape index (κ1) is 14.3. The quantitative estimate of drug-likeness (QED) is 0.803. The summed E-state index contributed by atoms with van der Waals surface area (Å²) in [5.41, 5.74) is 5.90. The van der Waals surface area contributed by atoms with Crippen LogP contribution in [0.3, 0.4) is 0 Å². The Morgan fingerprint density at radius 1 is 1.14 bits per heavy atom. The van der Waals surface area contributed by atoms with Gasteiger partial charge in [0.25, 0.3) is 0 Å². The lowest BCUT2D eigenvalue weighted by molar-refractivity contribution is 0.428. The largest absolute Gasteiger partial charge is 0.310 e. The summed E-state index contributed by atoms with van der Waals surface area (Å²) in [5, 5.41) is 3.74. The molecule has 21 heavy (non-hydrogen) atoms.